The predicted molar refractivity (Wildman–Crippen MR) is 78.0 cm³/mol. The van der Waals surface area contributed by atoms with Crippen LogP contribution in [0.4, 0.5) is 0 Å². The molecule has 3 rings (SSSR count). The minimum atomic E-state index is 0.279. The lowest BCUT2D eigenvalue weighted by molar-refractivity contribution is 0.226. The first kappa shape index (κ1) is 14.0. The van der Waals surface area contributed by atoms with Gasteiger partial charge in [0.15, 0.2) is 0 Å². The van der Waals surface area contributed by atoms with Gasteiger partial charge >= 0.3 is 0 Å². The molecule has 0 aliphatic carbocycles. The minimum Gasteiger partial charge on any atom is -0.312 e. The van der Waals surface area contributed by atoms with E-state index in [1.807, 2.05) is 4.68 Å². The fourth-order valence-corrected chi connectivity index (χ4v) is 3.37. The van der Waals surface area contributed by atoms with Gasteiger partial charge in [-0.15, -0.1) is 0 Å². The Morgan fingerprint density at radius 3 is 3.10 bits per heavy atom. The van der Waals surface area contributed by atoms with Crippen LogP contribution >= 0.6 is 0 Å². The van der Waals surface area contributed by atoms with Crippen molar-refractivity contribution in [3.63, 3.8) is 0 Å². The van der Waals surface area contributed by atoms with Crippen molar-refractivity contribution in [3.05, 3.63) is 12.2 Å². The van der Waals surface area contributed by atoms with Crippen LogP contribution in [-0.4, -0.2) is 39.9 Å². The molecule has 1 aromatic rings. The van der Waals surface area contributed by atoms with Gasteiger partial charge in [-0.05, 0) is 11.8 Å². The summed E-state index contributed by atoms with van der Waals surface area (Å²) in [5.74, 6) is 1.76. The van der Waals surface area contributed by atoms with Crippen LogP contribution in [-0.2, 0) is 13.0 Å². The van der Waals surface area contributed by atoms with Crippen molar-refractivity contribution >= 4 is 0 Å². The van der Waals surface area contributed by atoms with E-state index in [0.29, 0.717) is 18.0 Å². The highest BCUT2D eigenvalue weighted by Crippen LogP contribution is 2.27. The van der Waals surface area contributed by atoms with E-state index in [0.717, 1.165) is 38.3 Å². The van der Waals surface area contributed by atoms with Gasteiger partial charge in [0.25, 0.3) is 0 Å². The van der Waals surface area contributed by atoms with Gasteiger partial charge in [-0.3, -0.25) is 10.9 Å². The third-order valence-electron chi connectivity index (χ3n) is 4.50. The Balaban J connectivity index is 1.53. The average molecular weight is 278 g/mol. The first-order chi connectivity index (χ1) is 9.54. The second-order valence-electron chi connectivity index (χ2n) is 7.13. The van der Waals surface area contributed by atoms with Crippen molar-refractivity contribution in [2.24, 2.45) is 11.3 Å². The fraction of sp³-hybridized carbons (Fsp3) is 0.857. The molecule has 3 unspecified atom stereocenters. The summed E-state index contributed by atoms with van der Waals surface area (Å²) in [5.41, 5.74) is 7.02. The maximum absolute atomic E-state index is 4.28. The summed E-state index contributed by atoms with van der Waals surface area (Å²) < 4.78 is 2.04. The molecule has 2 aliphatic rings. The Kier molecular flexibility index (Phi) is 3.79. The maximum Gasteiger partial charge on any atom is 0.138 e. The van der Waals surface area contributed by atoms with Crippen LogP contribution < -0.4 is 16.2 Å². The Morgan fingerprint density at radius 2 is 2.30 bits per heavy atom. The monoisotopic (exact) mass is 278 g/mol. The zero-order valence-electron chi connectivity index (χ0n) is 12.7. The van der Waals surface area contributed by atoms with Gasteiger partial charge in [0.2, 0.25) is 0 Å². The van der Waals surface area contributed by atoms with Gasteiger partial charge in [-0.2, -0.15) is 5.10 Å². The molecule has 3 atom stereocenters. The fourth-order valence-electron chi connectivity index (χ4n) is 3.37. The highest BCUT2D eigenvalue weighted by Gasteiger charge is 2.36. The highest BCUT2D eigenvalue weighted by atomic mass is 15.4. The standard InChI is InChI=1S/C14H26N6/c1-14(2,3)13-10(7-17-19-13)6-15-11-4-5-12-16-9-18-20(12)8-11/h9-11,13,15,17,19H,4-8H2,1-3H3. The van der Waals surface area contributed by atoms with Crippen molar-refractivity contribution in [2.45, 2.75) is 52.2 Å². The minimum absolute atomic E-state index is 0.279. The Hall–Kier alpha value is -0.980. The summed E-state index contributed by atoms with van der Waals surface area (Å²) in [6.07, 6.45) is 3.85. The topological polar surface area (TPSA) is 66.8 Å². The van der Waals surface area contributed by atoms with Crippen molar-refractivity contribution < 1.29 is 0 Å². The van der Waals surface area contributed by atoms with E-state index in [1.165, 1.54) is 0 Å². The Bertz CT molecular complexity index is 449. The summed E-state index contributed by atoms with van der Waals surface area (Å²) in [7, 11) is 0. The van der Waals surface area contributed by atoms with Gasteiger partial charge in [0.1, 0.15) is 12.2 Å². The molecule has 1 fully saturated rings. The number of nitrogens with zero attached hydrogens (tertiary/aromatic N) is 3. The van der Waals surface area contributed by atoms with E-state index in [9.17, 15) is 0 Å². The van der Waals surface area contributed by atoms with Crippen LogP contribution in [0.3, 0.4) is 0 Å². The Morgan fingerprint density at radius 1 is 1.45 bits per heavy atom. The summed E-state index contributed by atoms with van der Waals surface area (Å²) in [6.45, 7) is 9.93. The predicted octanol–water partition coefficient (Wildman–Crippen LogP) is 0.321. The van der Waals surface area contributed by atoms with E-state index >= 15 is 0 Å². The zero-order chi connectivity index (χ0) is 14.2. The number of fused-ring (bicyclic) bond motifs is 1. The molecule has 0 spiro atoms. The van der Waals surface area contributed by atoms with Crippen molar-refractivity contribution in [3.8, 4) is 0 Å². The van der Waals surface area contributed by atoms with E-state index in [4.69, 9.17) is 0 Å². The maximum atomic E-state index is 4.28. The molecule has 3 N–H and O–H groups in total. The third kappa shape index (κ3) is 2.87. The van der Waals surface area contributed by atoms with Crippen molar-refractivity contribution in [2.75, 3.05) is 13.1 Å². The SMILES string of the molecule is CC(C)(C)C1NNCC1CNC1CCc2ncnn2C1. The summed E-state index contributed by atoms with van der Waals surface area (Å²) in [6, 6.07) is 1.03. The van der Waals surface area contributed by atoms with Gasteiger partial charge in [0.05, 0.1) is 6.54 Å². The van der Waals surface area contributed by atoms with Crippen molar-refractivity contribution in [1.82, 2.24) is 30.9 Å². The highest BCUT2D eigenvalue weighted by molar-refractivity contribution is 4.95. The van der Waals surface area contributed by atoms with Crippen LogP contribution in [0.25, 0.3) is 0 Å². The van der Waals surface area contributed by atoms with Gasteiger partial charge in [0, 0.05) is 37.5 Å². The number of aryl methyl sites for hydroxylation is 1. The van der Waals surface area contributed by atoms with Gasteiger partial charge < -0.3 is 5.32 Å². The second-order valence-corrected chi connectivity index (χ2v) is 7.13. The van der Waals surface area contributed by atoms with E-state index in [2.05, 4.69) is 47.0 Å². The van der Waals surface area contributed by atoms with Crippen LogP contribution in [0.15, 0.2) is 6.33 Å². The Labute approximate surface area is 120 Å². The largest absolute Gasteiger partial charge is 0.312 e. The number of aromatic nitrogens is 3. The zero-order valence-corrected chi connectivity index (χ0v) is 12.7. The molecule has 0 saturated carbocycles. The first-order valence-corrected chi connectivity index (χ1v) is 7.62. The summed E-state index contributed by atoms with van der Waals surface area (Å²) in [5, 5.41) is 8.01. The van der Waals surface area contributed by atoms with E-state index in [1.54, 1.807) is 6.33 Å². The molecule has 2 aliphatic heterocycles. The van der Waals surface area contributed by atoms with Gasteiger partial charge in [-0.25, -0.2) is 9.67 Å². The molecular weight excluding hydrogens is 252 g/mol. The molecule has 0 amide bonds. The normalized spacial score (nSPS) is 30.4. The molecule has 1 aromatic heterocycles. The number of hydrogen-bond donors (Lipinski definition) is 3. The smallest absolute Gasteiger partial charge is 0.138 e. The molecule has 1 saturated heterocycles. The lowest BCUT2D eigenvalue weighted by Crippen LogP contribution is -2.47. The van der Waals surface area contributed by atoms with Crippen molar-refractivity contribution in [1.29, 1.82) is 0 Å². The third-order valence-corrected chi connectivity index (χ3v) is 4.50. The summed E-state index contributed by atoms with van der Waals surface area (Å²) >= 11 is 0. The van der Waals surface area contributed by atoms with Crippen LogP contribution in [0.1, 0.15) is 33.0 Å². The van der Waals surface area contributed by atoms with Crippen LogP contribution in [0.5, 0.6) is 0 Å². The average Bonchev–Trinajstić information content (AvgIpc) is 3.03. The number of hydrogen-bond acceptors (Lipinski definition) is 5. The molecule has 6 heteroatoms. The molecule has 0 radical (unpaired) electrons. The molecule has 0 aromatic carbocycles. The molecule has 20 heavy (non-hydrogen) atoms. The lowest BCUT2D eigenvalue weighted by Gasteiger charge is -2.33. The number of hydrazine groups is 1. The molecule has 6 nitrogen and oxygen atoms in total. The number of rotatable bonds is 3. The van der Waals surface area contributed by atoms with E-state index in [-0.39, 0.29) is 5.41 Å². The molecular formula is C14H26N6. The molecule has 112 valence electrons. The van der Waals surface area contributed by atoms with Gasteiger partial charge in [-0.1, -0.05) is 20.8 Å². The number of nitrogens with one attached hydrogen (secondary N) is 3. The second kappa shape index (κ2) is 5.42. The van der Waals surface area contributed by atoms with Crippen LogP contribution in [0.2, 0.25) is 0 Å². The van der Waals surface area contributed by atoms with Crippen LogP contribution in [0, 0.1) is 11.3 Å². The quantitative estimate of drug-likeness (QED) is 0.743. The summed E-state index contributed by atoms with van der Waals surface area (Å²) in [4.78, 5) is 4.28. The first-order valence-electron chi connectivity index (χ1n) is 7.62. The lowest BCUT2D eigenvalue weighted by atomic mass is 9.80. The molecule has 0 bridgehead atoms. The molecule has 3 heterocycles. The van der Waals surface area contributed by atoms with E-state index < -0.39 is 0 Å².